The van der Waals surface area contributed by atoms with Crippen LogP contribution in [0.5, 0.6) is 0 Å². The van der Waals surface area contributed by atoms with Gasteiger partial charge in [0.25, 0.3) is 0 Å². The molecule has 1 aromatic rings. The second-order valence-corrected chi connectivity index (χ2v) is 4.82. The van der Waals surface area contributed by atoms with Crippen molar-refractivity contribution in [2.75, 3.05) is 20.1 Å². The Morgan fingerprint density at radius 1 is 1.28 bits per heavy atom. The molecule has 100 valence electrons. The molecule has 5 heteroatoms. The number of halogens is 3. The highest BCUT2D eigenvalue weighted by molar-refractivity contribution is 5.33. The van der Waals surface area contributed by atoms with Crippen molar-refractivity contribution in [3.05, 3.63) is 34.9 Å². The van der Waals surface area contributed by atoms with Crippen LogP contribution in [0.3, 0.4) is 0 Å². The summed E-state index contributed by atoms with van der Waals surface area (Å²) in [6, 6.07) is 5.97. The molecule has 0 radical (unpaired) electrons. The average Bonchev–Trinajstić information content (AvgIpc) is 2.26. The van der Waals surface area contributed by atoms with E-state index in [4.69, 9.17) is 0 Å². The summed E-state index contributed by atoms with van der Waals surface area (Å²) in [5.41, 5.74) is 3.44. The van der Waals surface area contributed by atoms with Gasteiger partial charge in [0, 0.05) is 13.1 Å². The second kappa shape index (κ2) is 5.28. The Hall–Kier alpha value is -1.07. The van der Waals surface area contributed by atoms with Crippen molar-refractivity contribution >= 4 is 0 Å². The number of hydrogen-bond acceptors (Lipinski definition) is 2. The van der Waals surface area contributed by atoms with Crippen LogP contribution in [-0.4, -0.2) is 31.2 Å². The molecule has 0 atom stereocenters. The van der Waals surface area contributed by atoms with Crippen molar-refractivity contribution in [3.63, 3.8) is 0 Å². The van der Waals surface area contributed by atoms with Gasteiger partial charge in [-0.15, -0.1) is 0 Å². The smallest absolute Gasteiger partial charge is 0.312 e. The number of nitrogens with zero attached hydrogens (tertiary/aromatic N) is 1. The lowest BCUT2D eigenvalue weighted by atomic mass is 9.98. The standard InChI is InChI=1S/C13H17F3N2/c1-18(9-13(14,15)16)8-10-2-3-11-4-5-17-7-12(11)6-10/h2-3,6,17H,4-5,7-9H2,1H3. The average molecular weight is 258 g/mol. The summed E-state index contributed by atoms with van der Waals surface area (Å²) in [4.78, 5) is 1.29. The number of hydrogen-bond donors (Lipinski definition) is 1. The second-order valence-electron chi connectivity index (χ2n) is 4.82. The summed E-state index contributed by atoms with van der Waals surface area (Å²) in [6.45, 7) is 1.24. The summed E-state index contributed by atoms with van der Waals surface area (Å²) in [5.74, 6) is 0. The summed E-state index contributed by atoms with van der Waals surface area (Å²) in [7, 11) is 1.49. The first-order valence-electron chi connectivity index (χ1n) is 6.01. The maximum Gasteiger partial charge on any atom is 0.401 e. The molecular formula is C13H17F3N2. The van der Waals surface area contributed by atoms with E-state index in [1.54, 1.807) is 0 Å². The van der Waals surface area contributed by atoms with E-state index in [2.05, 4.69) is 5.32 Å². The van der Waals surface area contributed by atoms with E-state index in [1.165, 1.54) is 23.1 Å². The predicted octanol–water partition coefficient (Wildman–Crippen LogP) is 2.33. The maximum absolute atomic E-state index is 12.2. The predicted molar refractivity (Wildman–Crippen MR) is 64.2 cm³/mol. The lowest BCUT2D eigenvalue weighted by molar-refractivity contribution is -0.144. The summed E-state index contributed by atoms with van der Waals surface area (Å²) < 4.78 is 36.7. The van der Waals surface area contributed by atoms with Gasteiger partial charge in [-0.3, -0.25) is 4.90 Å². The van der Waals surface area contributed by atoms with Crippen LogP contribution in [0, 0.1) is 0 Å². The number of alkyl halides is 3. The molecule has 0 amide bonds. The molecule has 1 aliphatic heterocycles. The van der Waals surface area contributed by atoms with Crippen molar-refractivity contribution in [1.82, 2.24) is 10.2 Å². The fourth-order valence-electron chi connectivity index (χ4n) is 2.31. The molecule has 0 aromatic heterocycles. The van der Waals surface area contributed by atoms with E-state index in [0.29, 0.717) is 6.54 Å². The van der Waals surface area contributed by atoms with Crippen LogP contribution < -0.4 is 5.32 Å². The first-order chi connectivity index (χ1) is 8.44. The van der Waals surface area contributed by atoms with Crippen molar-refractivity contribution < 1.29 is 13.2 Å². The van der Waals surface area contributed by atoms with Crippen LogP contribution in [0.1, 0.15) is 16.7 Å². The molecule has 18 heavy (non-hydrogen) atoms. The van der Waals surface area contributed by atoms with Crippen LogP contribution in [0.15, 0.2) is 18.2 Å². The van der Waals surface area contributed by atoms with E-state index in [1.807, 2.05) is 18.2 Å². The number of nitrogens with one attached hydrogen (secondary N) is 1. The molecule has 0 saturated heterocycles. The minimum atomic E-state index is -4.13. The molecule has 0 bridgehead atoms. The number of rotatable bonds is 3. The highest BCUT2D eigenvalue weighted by Gasteiger charge is 2.29. The number of fused-ring (bicyclic) bond motifs is 1. The van der Waals surface area contributed by atoms with Crippen molar-refractivity contribution in [1.29, 1.82) is 0 Å². The Bertz CT molecular complexity index is 415. The third-order valence-electron chi connectivity index (χ3n) is 3.06. The Morgan fingerprint density at radius 2 is 2.06 bits per heavy atom. The van der Waals surface area contributed by atoms with Crippen LogP contribution in [0.4, 0.5) is 13.2 Å². The topological polar surface area (TPSA) is 15.3 Å². The SMILES string of the molecule is CN(Cc1ccc2c(c1)CNCC2)CC(F)(F)F. The van der Waals surface area contributed by atoms with Crippen molar-refractivity contribution in [2.24, 2.45) is 0 Å². The zero-order valence-corrected chi connectivity index (χ0v) is 10.3. The quantitative estimate of drug-likeness (QED) is 0.895. The largest absolute Gasteiger partial charge is 0.401 e. The van der Waals surface area contributed by atoms with Crippen LogP contribution in [0.2, 0.25) is 0 Å². The van der Waals surface area contributed by atoms with E-state index < -0.39 is 12.7 Å². The van der Waals surface area contributed by atoms with Crippen LogP contribution in [0.25, 0.3) is 0 Å². The van der Waals surface area contributed by atoms with Crippen LogP contribution >= 0.6 is 0 Å². The van der Waals surface area contributed by atoms with Crippen molar-refractivity contribution in [3.8, 4) is 0 Å². The van der Waals surface area contributed by atoms with Gasteiger partial charge in [0.2, 0.25) is 0 Å². The van der Waals surface area contributed by atoms with Gasteiger partial charge in [0.05, 0.1) is 6.54 Å². The molecule has 1 aliphatic rings. The molecule has 0 aliphatic carbocycles. The van der Waals surface area contributed by atoms with Gasteiger partial charge < -0.3 is 5.32 Å². The molecule has 1 heterocycles. The molecule has 2 nitrogen and oxygen atoms in total. The van der Waals surface area contributed by atoms with Gasteiger partial charge in [0.15, 0.2) is 0 Å². The molecule has 0 unspecified atom stereocenters. The maximum atomic E-state index is 12.2. The summed E-state index contributed by atoms with van der Waals surface area (Å²) >= 11 is 0. The van der Waals surface area contributed by atoms with E-state index in [-0.39, 0.29) is 0 Å². The van der Waals surface area contributed by atoms with E-state index >= 15 is 0 Å². The van der Waals surface area contributed by atoms with E-state index in [0.717, 1.165) is 25.1 Å². The van der Waals surface area contributed by atoms with Gasteiger partial charge in [-0.05, 0) is 36.7 Å². The molecule has 1 aromatic carbocycles. The lowest BCUT2D eigenvalue weighted by Crippen LogP contribution is -2.30. The van der Waals surface area contributed by atoms with Crippen LogP contribution in [-0.2, 0) is 19.5 Å². The minimum absolute atomic E-state index is 0.326. The number of benzene rings is 1. The first-order valence-corrected chi connectivity index (χ1v) is 6.01. The third-order valence-corrected chi connectivity index (χ3v) is 3.06. The Balaban J connectivity index is 2.01. The van der Waals surface area contributed by atoms with Gasteiger partial charge in [0.1, 0.15) is 0 Å². The zero-order valence-electron chi connectivity index (χ0n) is 10.3. The molecule has 2 rings (SSSR count). The third kappa shape index (κ3) is 3.71. The fourth-order valence-corrected chi connectivity index (χ4v) is 2.31. The molecule has 0 saturated carbocycles. The van der Waals surface area contributed by atoms with Gasteiger partial charge in [-0.1, -0.05) is 18.2 Å². The van der Waals surface area contributed by atoms with E-state index in [9.17, 15) is 13.2 Å². The minimum Gasteiger partial charge on any atom is -0.312 e. The molecule has 0 spiro atoms. The summed E-state index contributed by atoms with van der Waals surface area (Å²) in [6.07, 6.45) is -3.14. The lowest BCUT2D eigenvalue weighted by Gasteiger charge is -2.21. The monoisotopic (exact) mass is 258 g/mol. The van der Waals surface area contributed by atoms with Gasteiger partial charge in [-0.25, -0.2) is 0 Å². The Kier molecular flexibility index (Phi) is 3.92. The zero-order chi connectivity index (χ0) is 13.2. The highest BCUT2D eigenvalue weighted by atomic mass is 19.4. The molecular weight excluding hydrogens is 241 g/mol. The first kappa shape index (κ1) is 13.4. The van der Waals surface area contributed by atoms with Gasteiger partial charge >= 0.3 is 6.18 Å². The Morgan fingerprint density at radius 3 is 2.78 bits per heavy atom. The molecule has 0 fully saturated rings. The Labute approximate surface area is 105 Å². The highest BCUT2D eigenvalue weighted by Crippen LogP contribution is 2.19. The fraction of sp³-hybridized carbons (Fsp3) is 0.538. The summed E-state index contributed by atoms with van der Waals surface area (Å²) in [5, 5.41) is 3.27. The normalized spacial score (nSPS) is 15.8. The van der Waals surface area contributed by atoms with Crippen molar-refractivity contribution in [2.45, 2.75) is 25.7 Å². The van der Waals surface area contributed by atoms with Gasteiger partial charge in [-0.2, -0.15) is 13.2 Å². The molecule has 1 N–H and O–H groups in total.